The van der Waals surface area contributed by atoms with Crippen molar-refractivity contribution < 1.29 is 0 Å². The van der Waals surface area contributed by atoms with Gasteiger partial charge in [-0.2, -0.15) is 5.10 Å². The van der Waals surface area contributed by atoms with Crippen molar-refractivity contribution in [2.45, 2.75) is 25.9 Å². The van der Waals surface area contributed by atoms with Gasteiger partial charge in [-0.1, -0.05) is 30.3 Å². The summed E-state index contributed by atoms with van der Waals surface area (Å²) < 4.78 is 2.02. The Bertz CT molecular complexity index is 461. The van der Waals surface area contributed by atoms with Crippen LogP contribution in [-0.2, 0) is 0 Å². The van der Waals surface area contributed by atoms with Crippen molar-refractivity contribution in [3.63, 3.8) is 0 Å². The first-order valence-electron chi connectivity index (χ1n) is 5.95. The molecule has 3 nitrogen and oxygen atoms in total. The number of aryl methyl sites for hydroxylation is 1. The van der Waals surface area contributed by atoms with E-state index in [1.165, 1.54) is 11.1 Å². The van der Waals surface area contributed by atoms with E-state index in [2.05, 4.69) is 54.7 Å². The number of hydrogen-bond acceptors (Lipinski definition) is 2. The van der Waals surface area contributed by atoms with Crippen LogP contribution in [0.5, 0.6) is 0 Å². The van der Waals surface area contributed by atoms with Crippen molar-refractivity contribution in [3.8, 4) is 0 Å². The van der Waals surface area contributed by atoms with Gasteiger partial charge in [0.05, 0.1) is 18.3 Å². The van der Waals surface area contributed by atoms with Gasteiger partial charge in [0.25, 0.3) is 0 Å². The molecule has 1 aromatic carbocycles. The molecule has 0 aliphatic carbocycles. The van der Waals surface area contributed by atoms with Gasteiger partial charge in [-0.05, 0) is 32.0 Å². The van der Waals surface area contributed by atoms with E-state index in [-0.39, 0.29) is 12.1 Å². The largest absolute Gasteiger partial charge is 0.311 e. The molecular weight excluding hydrogens is 210 g/mol. The maximum Gasteiger partial charge on any atom is 0.0685 e. The van der Waals surface area contributed by atoms with E-state index in [4.69, 9.17) is 0 Å². The van der Waals surface area contributed by atoms with Gasteiger partial charge >= 0.3 is 0 Å². The van der Waals surface area contributed by atoms with Crippen LogP contribution in [0.15, 0.2) is 42.7 Å². The minimum absolute atomic E-state index is 0.274. The van der Waals surface area contributed by atoms with Crippen LogP contribution in [0.25, 0.3) is 0 Å². The second kappa shape index (κ2) is 5.15. The van der Waals surface area contributed by atoms with E-state index < -0.39 is 0 Å². The summed E-state index contributed by atoms with van der Waals surface area (Å²) in [5, 5.41) is 7.75. The van der Waals surface area contributed by atoms with Crippen LogP contribution in [-0.4, -0.2) is 16.8 Å². The minimum atomic E-state index is 0.274. The second-order valence-corrected chi connectivity index (χ2v) is 4.42. The summed E-state index contributed by atoms with van der Waals surface area (Å²) in [7, 11) is 1.99. The van der Waals surface area contributed by atoms with Gasteiger partial charge in [0.1, 0.15) is 0 Å². The van der Waals surface area contributed by atoms with E-state index in [1.807, 2.05) is 24.0 Å². The Morgan fingerprint density at radius 3 is 2.47 bits per heavy atom. The van der Waals surface area contributed by atoms with Crippen LogP contribution in [0.1, 0.15) is 30.1 Å². The fourth-order valence-corrected chi connectivity index (χ4v) is 2.16. The molecule has 1 heterocycles. The van der Waals surface area contributed by atoms with Crippen molar-refractivity contribution in [1.29, 1.82) is 0 Å². The van der Waals surface area contributed by atoms with E-state index in [0.717, 1.165) is 0 Å². The van der Waals surface area contributed by atoms with Gasteiger partial charge in [0.15, 0.2) is 0 Å². The molecule has 0 fully saturated rings. The summed E-state index contributed by atoms with van der Waals surface area (Å²) in [6.07, 6.45) is 3.98. The number of hydrogen-bond donors (Lipinski definition) is 1. The number of benzene rings is 1. The highest BCUT2D eigenvalue weighted by Gasteiger charge is 2.19. The SMILES string of the molecule is CNC(c1ccccc1)C(C)n1cc(C)cn1. The Morgan fingerprint density at radius 2 is 1.94 bits per heavy atom. The molecule has 1 N–H and O–H groups in total. The average molecular weight is 229 g/mol. The van der Waals surface area contributed by atoms with Crippen LogP contribution in [0.3, 0.4) is 0 Å². The van der Waals surface area contributed by atoms with Crippen molar-refractivity contribution in [2.24, 2.45) is 0 Å². The zero-order valence-electron chi connectivity index (χ0n) is 10.6. The molecule has 0 spiro atoms. The first-order valence-corrected chi connectivity index (χ1v) is 5.95. The van der Waals surface area contributed by atoms with Gasteiger partial charge < -0.3 is 5.32 Å². The van der Waals surface area contributed by atoms with Gasteiger partial charge in [-0.15, -0.1) is 0 Å². The molecule has 2 atom stereocenters. The molecule has 0 saturated heterocycles. The van der Waals surface area contributed by atoms with E-state index in [0.29, 0.717) is 0 Å². The molecule has 0 aliphatic rings. The van der Waals surface area contributed by atoms with Crippen molar-refractivity contribution >= 4 is 0 Å². The summed E-state index contributed by atoms with van der Waals surface area (Å²) >= 11 is 0. The molecule has 0 radical (unpaired) electrons. The summed E-state index contributed by atoms with van der Waals surface area (Å²) in [4.78, 5) is 0. The minimum Gasteiger partial charge on any atom is -0.311 e. The third-order valence-electron chi connectivity index (χ3n) is 3.10. The number of rotatable bonds is 4. The van der Waals surface area contributed by atoms with Crippen LogP contribution >= 0.6 is 0 Å². The number of nitrogens with zero attached hydrogens (tertiary/aromatic N) is 2. The Labute approximate surface area is 102 Å². The molecule has 17 heavy (non-hydrogen) atoms. The quantitative estimate of drug-likeness (QED) is 0.873. The lowest BCUT2D eigenvalue weighted by Crippen LogP contribution is -2.26. The highest BCUT2D eigenvalue weighted by molar-refractivity contribution is 5.20. The van der Waals surface area contributed by atoms with Crippen LogP contribution in [0, 0.1) is 6.92 Å². The molecule has 3 heteroatoms. The number of aromatic nitrogens is 2. The molecular formula is C14H19N3. The van der Waals surface area contributed by atoms with E-state index in [9.17, 15) is 0 Å². The Morgan fingerprint density at radius 1 is 1.24 bits per heavy atom. The van der Waals surface area contributed by atoms with Crippen LogP contribution in [0.2, 0.25) is 0 Å². The Kier molecular flexibility index (Phi) is 3.59. The van der Waals surface area contributed by atoms with Crippen molar-refractivity contribution in [1.82, 2.24) is 15.1 Å². The Balaban J connectivity index is 2.25. The van der Waals surface area contributed by atoms with E-state index in [1.54, 1.807) is 0 Å². The third kappa shape index (κ3) is 2.56. The lowest BCUT2D eigenvalue weighted by Gasteiger charge is -2.24. The first kappa shape index (κ1) is 11.9. The second-order valence-electron chi connectivity index (χ2n) is 4.42. The lowest BCUT2D eigenvalue weighted by atomic mass is 10.0. The predicted octanol–water partition coefficient (Wildman–Crippen LogP) is 2.71. The third-order valence-corrected chi connectivity index (χ3v) is 3.10. The molecule has 0 bridgehead atoms. The average Bonchev–Trinajstić information content (AvgIpc) is 2.78. The number of nitrogens with one attached hydrogen (secondary N) is 1. The fourth-order valence-electron chi connectivity index (χ4n) is 2.16. The summed E-state index contributed by atoms with van der Waals surface area (Å²) in [5.74, 6) is 0. The topological polar surface area (TPSA) is 29.9 Å². The zero-order valence-corrected chi connectivity index (χ0v) is 10.6. The summed E-state index contributed by atoms with van der Waals surface area (Å²) in [6.45, 7) is 4.24. The summed E-state index contributed by atoms with van der Waals surface area (Å²) in [6, 6.07) is 11.0. The van der Waals surface area contributed by atoms with Crippen molar-refractivity contribution in [2.75, 3.05) is 7.05 Å². The maximum absolute atomic E-state index is 4.39. The predicted molar refractivity (Wildman–Crippen MR) is 69.9 cm³/mol. The maximum atomic E-state index is 4.39. The molecule has 0 aliphatic heterocycles. The van der Waals surface area contributed by atoms with Gasteiger partial charge in [0.2, 0.25) is 0 Å². The first-order chi connectivity index (χ1) is 8.22. The lowest BCUT2D eigenvalue weighted by molar-refractivity contribution is 0.372. The zero-order chi connectivity index (χ0) is 12.3. The highest BCUT2D eigenvalue weighted by atomic mass is 15.3. The fraction of sp³-hybridized carbons (Fsp3) is 0.357. The van der Waals surface area contributed by atoms with Gasteiger partial charge in [0, 0.05) is 6.20 Å². The normalized spacial score (nSPS) is 14.5. The standard InChI is InChI=1S/C14H19N3/c1-11-9-16-17(10-11)12(2)14(15-3)13-7-5-4-6-8-13/h4-10,12,14-15H,1-3H3. The molecule has 2 aromatic rings. The Hall–Kier alpha value is -1.61. The number of likely N-dealkylation sites (N-methyl/N-ethyl adjacent to an activating group) is 1. The molecule has 90 valence electrons. The van der Waals surface area contributed by atoms with Crippen LogP contribution in [0.4, 0.5) is 0 Å². The van der Waals surface area contributed by atoms with Crippen LogP contribution < -0.4 is 5.32 Å². The van der Waals surface area contributed by atoms with Gasteiger partial charge in [-0.25, -0.2) is 0 Å². The molecule has 2 unspecified atom stereocenters. The molecule has 0 amide bonds. The smallest absolute Gasteiger partial charge is 0.0685 e. The monoisotopic (exact) mass is 229 g/mol. The van der Waals surface area contributed by atoms with E-state index >= 15 is 0 Å². The van der Waals surface area contributed by atoms with Crippen molar-refractivity contribution in [3.05, 3.63) is 53.9 Å². The molecule has 1 aromatic heterocycles. The van der Waals surface area contributed by atoms with Gasteiger partial charge in [-0.3, -0.25) is 4.68 Å². The molecule has 2 rings (SSSR count). The molecule has 0 saturated carbocycles. The highest BCUT2D eigenvalue weighted by Crippen LogP contribution is 2.25. The summed E-state index contributed by atoms with van der Waals surface area (Å²) in [5.41, 5.74) is 2.48.